The predicted molar refractivity (Wildman–Crippen MR) is 81.7 cm³/mol. The maximum absolute atomic E-state index is 12.6. The molecule has 21 heavy (non-hydrogen) atoms. The van der Waals surface area contributed by atoms with Crippen molar-refractivity contribution in [2.75, 3.05) is 45.8 Å². The molecule has 0 aromatic carbocycles. The van der Waals surface area contributed by atoms with Crippen molar-refractivity contribution >= 4 is 11.8 Å². The van der Waals surface area contributed by atoms with Gasteiger partial charge in [0.1, 0.15) is 0 Å². The van der Waals surface area contributed by atoms with E-state index in [1.54, 1.807) is 0 Å². The van der Waals surface area contributed by atoms with Crippen LogP contribution in [0.25, 0.3) is 0 Å². The second-order valence-corrected chi connectivity index (χ2v) is 6.26. The van der Waals surface area contributed by atoms with Gasteiger partial charge in [-0.15, -0.1) is 0 Å². The zero-order valence-corrected chi connectivity index (χ0v) is 13.1. The van der Waals surface area contributed by atoms with Crippen LogP contribution >= 0.6 is 0 Å². The Labute approximate surface area is 127 Å². The van der Waals surface area contributed by atoms with E-state index in [9.17, 15) is 9.59 Å². The van der Waals surface area contributed by atoms with Gasteiger partial charge in [-0.25, -0.2) is 0 Å². The molecule has 0 radical (unpaired) electrons. The fourth-order valence-electron chi connectivity index (χ4n) is 3.08. The van der Waals surface area contributed by atoms with Crippen molar-refractivity contribution in [3.63, 3.8) is 0 Å². The van der Waals surface area contributed by atoms with Crippen molar-refractivity contribution in [1.29, 1.82) is 0 Å². The molecule has 0 aromatic heterocycles. The Morgan fingerprint density at radius 1 is 1.19 bits per heavy atom. The van der Waals surface area contributed by atoms with Gasteiger partial charge in [0, 0.05) is 39.3 Å². The average molecular weight is 296 g/mol. The lowest BCUT2D eigenvalue weighted by Crippen LogP contribution is -2.57. The Balaban J connectivity index is 1.75. The SMILES string of the molecule is CCCNC(=O)CN1CCN(C(=O)C2(CN)CCC2)CC1. The van der Waals surface area contributed by atoms with Crippen LogP contribution in [-0.2, 0) is 9.59 Å². The maximum Gasteiger partial charge on any atom is 0.234 e. The molecule has 0 spiro atoms. The standard InChI is InChI=1S/C15H28N4O2/c1-2-6-17-13(20)11-18-7-9-19(10-8-18)14(21)15(12-16)4-3-5-15/h2-12,16H2,1H3,(H,17,20). The molecule has 1 saturated carbocycles. The van der Waals surface area contributed by atoms with Crippen LogP contribution in [0.4, 0.5) is 0 Å². The Morgan fingerprint density at radius 2 is 1.86 bits per heavy atom. The molecule has 1 heterocycles. The number of nitrogens with one attached hydrogen (secondary N) is 1. The highest BCUT2D eigenvalue weighted by Gasteiger charge is 2.45. The highest BCUT2D eigenvalue weighted by atomic mass is 16.2. The van der Waals surface area contributed by atoms with Gasteiger partial charge in [-0.3, -0.25) is 14.5 Å². The molecule has 2 fully saturated rings. The molecule has 0 aromatic rings. The van der Waals surface area contributed by atoms with Gasteiger partial charge in [0.15, 0.2) is 0 Å². The molecule has 0 atom stereocenters. The van der Waals surface area contributed by atoms with Crippen molar-refractivity contribution in [2.45, 2.75) is 32.6 Å². The van der Waals surface area contributed by atoms with E-state index in [1.807, 2.05) is 11.8 Å². The Bertz CT molecular complexity index is 368. The molecule has 120 valence electrons. The number of rotatable bonds is 6. The van der Waals surface area contributed by atoms with Crippen LogP contribution in [-0.4, -0.2) is 67.4 Å². The van der Waals surface area contributed by atoms with Crippen LogP contribution in [0.15, 0.2) is 0 Å². The van der Waals surface area contributed by atoms with E-state index in [2.05, 4.69) is 10.2 Å². The average Bonchev–Trinajstić information content (AvgIpc) is 2.45. The molecule has 1 aliphatic heterocycles. The Morgan fingerprint density at radius 3 is 2.33 bits per heavy atom. The summed E-state index contributed by atoms with van der Waals surface area (Å²) in [4.78, 5) is 28.3. The van der Waals surface area contributed by atoms with Gasteiger partial charge in [-0.05, 0) is 19.3 Å². The minimum Gasteiger partial charge on any atom is -0.355 e. The first-order valence-corrected chi connectivity index (χ1v) is 8.10. The lowest BCUT2D eigenvalue weighted by molar-refractivity contribution is -0.148. The quantitative estimate of drug-likeness (QED) is 0.711. The van der Waals surface area contributed by atoms with Crippen LogP contribution in [0.3, 0.4) is 0 Å². The fraction of sp³-hybridized carbons (Fsp3) is 0.867. The minimum atomic E-state index is -0.277. The Hall–Kier alpha value is -1.14. The number of hydrogen-bond acceptors (Lipinski definition) is 4. The number of carbonyl (C=O) groups is 2. The van der Waals surface area contributed by atoms with Crippen LogP contribution in [0, 0.1) is 5.41 Å². The molecule has 0 unspecified atom stereocenters. The highest BCUT2D eigenvalue weighted by molar-refractivity contribution is 5.84. The van der Waals surface area contributed by atoms with Crippen LogP contribution in [0.1, 0.15) is 32.6 Å². The third kappa shape index (κ3) is 3.74. The third-order valence-corrected chi connectivity index (χ3v) is 4.75. The number of nitrogens with zero attached hydrogens (tertiary/aromatic N) is 2. The predicted octanol–water partition coefficient (Wildman–Crippen LogP) is -0.214. The van der Waals surface area contributed by atoms with Gasteiger partial charge in [0.2, 0.25) is 11.8 Å². The van der Waals surface area contributed by atoms with Crippen molar-refractivity contribution in [2.24, 2.45) is 11.1 Å². The summed E-state index contributed by atoms with van der Waals surface area (Å²) in [5.74, 6) is 0.306. The van der Waals surface area contributed by atoms with Crippen LogP contribution in [0.5, 0.6) is 0 Å². The van der Waals surface area contributed by atoms with Crippen molar-refractivity contribution < 1.29 is 9.59 Å². The van der Waals surface area contributed by atoms with Crippen LogP contribution < -0.4 is 11.1 Å². The number of amides is 2. The summed E-state index contributed by atoms with van der Waals surface area (Å²) >= 11 is 0. The fourth-order valence-corrected chi connectivity index (χ4v) is 3.08. The number of carbonyl (C=O) groups excluding carboxylic acids is 2. The molecule has 2 amide bonds. The number of hydrogen-bond donors (Lipinski definition) is 2. The zero-order valence-electron chi connectivity index (χ0n) is 13.1. The monoisotopic (exact) mass is 296 g/mol. The van der Waals surface area contributed by atoms with Gasteiger partial charge in [-0.1, -0.05) is 13.3 Å². The van der Waals surface area contributed by atoms with Gasteiger partial charge in [0.25, 0.3) is 0 Å². The van der Waals surface area contributed by atoms with E-state index in [-0.39, 0.29) is 17.2 Å². The largest absolute Gasteiger partial charge is 0.355 e. The Kier molecular flexibility index (Phi) is 5.58. The molecule has 3 N–H and O–H groups in total. The molecular formula is C15H28N4O2. The third-order valence-electron chi connectivity index (χ3n) is 4.75. The second kappa shape index (κ2) is 7.22. The molecule has 2 aliphatic rings. The summed E-state index contributed by atoms with van der Waals surface area (Å²) in [6.07, 6.45) is 3.93. The molecule has 1 saturated heterocycles. The summed E-state index contributed by atoms with van der Waals surface area (Å²) in [6, 6.07) is 0. The zero-order chi connectivity index (χ0) is 15.3. The first-order valence-electron chi connectivity index (χ1n) is 8.10. The lowest BCUT2D eigenvalue weighted by Gasteiger charge is -2.45. The van der Waals surface area contributed by atoms with Gasteiger partial charge in [-0.2, -0.15) is 0 Å². The lowest BCUT2D eigenvalue weighted by atomic mass is 9.67. The molecule has 0 bridgehead atoms. The highest BCUT2D eigenvalue weighted by Crippen LogP contribution is 2.41. The van der Waals surface area contributed by atoms with Gasteiger partial charge < -0.3 is 16.0 Å². The van der Waals surface area contributed by atoms with E-state index < -0.39 is 0 Å². The molecule has 6 nitrogen and oxygen atoms in total. The number of nitrogens with two attached hydrogens (primary N) is 1. The minimum absolute atomic E-state index is 0.0778. The van der Waals surface area contributed by atoms with Crippen molar-refractivity contribution in [3.05, 3.63) is 0 Å². The first-order chi connectivity index (χ1) is 10.1. The van der Waals surface area contributed by atoms with E-state index in [0.29, 0.717) is 26.2 Å². The second-order valence-electron chi connectivity index (χ2n) is 6.26. The summed E-state index contributed by atoms with van der Waals surface area (Å²) < 4.78 is 0. The first kappa shape index (κ1) is 16.2. The number of piperazine rings is 1. The summed E-state index contributed by atoms with van der Waals surface area (Å²) in [5.41, 5.74) is 5.53. The molecule has 1 aliphatic carbocycles. The van der Waals surface area contributed by atoms with Gasteiger partial charge in [0.05, 0.1) is 12.0 Å². The molecule has 2 rings (SSSR count). The molecule has 6 heteroatoms. The molecular weight excluding hydrogens is 268 g/mol. The maximum atomic E-state index is 12.6. The topological polar surface area (TPSA) is 78.7 Å². The summed E-state index contributed by atoms with van der Waals surface area (Å²) in [6.45, 7) is 6.63. The van der Waals surface area contributed by atoms with E-state index in [4.69, 9.17) is 5.73 Å². The summed E-state index contributed by atoms with van der Waals surface area (Å²) in [7, 11) is 0. The smallest absolute Gasteiger partial charge is 0.234 e. The summed E-state index contributed by atoms with van der Waals surface area (Å²) in [5, 5.41) is 2.89. The van der Waals surface area contributed by atoms with E-state index >= 15 is 0 Å². The van der Waals surface area contributed by atoms with E-state index in [1.165, 1.54) is 0 Å². The van der Waals surface area contributed by atoms with Crippen LogP contribution in [0.2, 0.25) is 0 Å². The van der Waals surface area contributed by atoms with Crippen molar-refractivity contribution in [1.82, 2.24) is 15.1 Å². The van der Waals surface area contributed by atoms with Crippen molar-refractivity contribution in [3.8, 4) is 0 Å². The van der Waals surface area contributed by atoms with Gasteiger partial charge >= 0.3 is 0 Å². The normalized spacial score (nSPS) is 21.7. The van der Waals surface area contributed by atoms with E-state index in [0.717, 1.165) is 45.3 Å².